The van der Waals surface area contributed by atoms with Gasteiger partial charge in [-0.25, -0.2) is 12.8 Å². The largest absolute Gasteiger partial charge is 0.408 e. The van der Waals surface area contributed by atoms with Crippen LogP contribution in [0.1, 0.15) is 11.6 Å². The first-order chi connectivity index (χ1) is 10.1. The second-order valence-electron chi connectivity index (χ2n) is 4.21. The predicted octanol–water partition coefficient (Wildman–Crippen LogP) is 3.61. The van der Waals surface area contributed by atoms with Crippen LogP contribution in [0.25, 0.3) is 0 Å². The van der Waals surface area contributed by atoms with Gasteiger partial charge in [-0.3, -0.25) is 0 Å². The highest BCUT2D eigenvalue weighted by atomic mass is 32.2. The van der Waals surface area contributed by atoms with Crippen LogP contribution in [0, 0.1) is 10.9 Å². The van der Waals surface area contributed by atoms with Gasteiger partial charge in [-0.05, 0) is 29.8 Å². The second-order valence-corrected chi connectivity index (χ2v) is 7.18. The maximum absolute atomic E-state index is 13.1. The molecule has 2 rings (SSSR count). The Morgan fingerprint density at radius 1 is 1.00 bits per heavy atom. The molecule has 1 heterocycles. The van der Waals surface area contributed by atoms with Crippen molar-refractivity contribution >= 4 is 21.4 Å². The number of nitrogens with one attached hydrogen (secondary N) is 1. The second kappa shape index (κ2) is 5.94. The van der Waals surface area contributed by atoms with Crippen molar-refractivity contribution < 1.29 is 30.4 Å². The monoisotopic (exact) mass is 357 g/mol. The molecule has 1 aromatic carbocycles. The van der Waals surface area contributed by atoms with Crippen LogP contribution in [0.4, 0.5) is 22.0 Å². The molecular weight excluding hydrogens is 349 g/mol. The highest BCUT2D eigenvalue weighted by Gasteiger charge is 2.43. The number of sulfonamides is 1. The smallest absolute Gasteiger partial charge is 0.207 e. The lowest BCUT2D eigenvalue weighted by molar-refractivity contribution is -0.153. The fourth-order valence-corrected chi connectivity index (χ4v) is 3.86. The van der Waals surface area contributed by atoms with Crippen molar-refractivity contribution in [2.75, 3.05) is 0 Å². The Morgan fingerprint density at radius 2 is 1.59 bits per heavy atom. The van der Waals surface area contributed by atoms with E-state index in [0.717, 1.165) is 36.4 Å². The van der Waals surface area contributed by atoms with Gasteiger partial charge in [0.05, 0.1) is 0 Å². The molecule has 120 valence electrons. The summed E-state index contributed by atoms with van der Waals surface area (Å²) in [5, 5.41) is -0.842. The zero-order valence-corrected chi connectivity index (χ0v) is 12.2. The highest BCUT2D eigenvalue weighted by Crippen LogP contribution is 2.34. The lowest BCUT2D eigenvalue weighted by Crippen LogP contribution is -2.37. The van der Waals surface area contributed by atoms with Gasteiger partial charge in [0, 0.05) is 0 Å². The first kappa shape index (κ1) is 16.8. The van der Waals surface area contributed by atoms with Gasteiger partial charge in [0.2, 0.25) is 0 Å². The van der Waals surface area contributed by atoms with E-state index in [1.165, 1.54) is 4.72 Å². The maximum Gasteiger partial charge on any atom is 0.408 e. The summed E-state index contributed by atoms with van der Waals surface area (Å²) >= 11 is 0.200. The molecule has 0 aliphatic heterocycles. The summed E-state index contributed by atoms with van der Waals surface area (Å²) in [5.41, 5.74) is -0.477. The van der Waals surface area contributed by atoms with Crippen LogP contribution >= 0.6 is 11.3 Å². The van der Waals surface area contributed by atoms with Crippen LogP contribution in [0.15, 0.2) is 40.6 Å². The molecule has 0 amide bonds. The third kappa shape index (κ3) is 3.81. The van der Waals surface area contributed by atoms with Crippen molar-refractivity contribution in [2.45, 2.75) is 16.4 Å². The quantitative estimate of drug-likeness (QED) is 0.850. The van der Waals surface area contributed by atoms with Crippen LogP contribution in [0.5, 0.6) is 0 Å². The van der Waals surface area contributed by atoms with Gasteiger partial charge in [0.15, 0.2) is 5.13 Å². The average Bonchev–Trinajstić information content (AvgIpc) is 2.84. The molecule has 2 aromatic rings. The molecule has 0 aliphatic carbocycles. The van der Waals surface area contributed by atoms with Crippen molar-refractivity contribution in [2.24, 2.45) is 0 Å². The zero-order valence-electron chi connectivity index (χ0n) is 10.6. The topological polar surface area (TPSA) is 46.2 Å². The highest BCUT2D eigenvalue weighted by molar-refractivity contribution is 7.91. The predicted molar refractivity (Wildman–Crippen MR) is 69.8 cm³/mol. The van der Waals surface area contributed by atoms with Gasteiger partial charge >= 0.3 is 6.18 Å². The van der Waals surface area contributed by atoms with Crippen molar-refractivity contribution in [3.05, 3.63) is 52.9 Å². The third-order valence-electron chi connectivity index (χ3n) is 2.62. The Labute approximate surface area is 126 Å². The van der Waals surface area contributed by atoms with Gasteiger partial charge in [0.1, 0.15) is 16.1 Å². The number of hydrogen-bond acceptors (Lipinski definition) is 3. The summed E-state index contributed by atoms with van der Waals surface area (Å²) in [6, 6.07) is 2.35. The van der Waals surface area contributed by atoms with E-state index < -0.39 is 43.0 Å². The number of benzene rings is 1. The van der Waals surface area contributed by atoms with E-state index in [0.29, 0.717) is 0 Å². The van der Waals surface area contributed by atoms with E-state index in [2.05, 4.69) is 0 Å². The SMILES string of the molecule is O=S(=O)(NC(c1ccc(F)cc1)C(F)(F)F)c1ccc(F)s1. The van der Waals surface area contributed by atoms with Gasteiger partial charge in [0.25, 0.3) is 10.0 Å². The first-order valence-corrected chi connectivity index (χ1v) is 7.99. The van der Waals surface area contributed by atoms with E-state index in [-0.39, 0.29) is 11.3 Å². The van der Waals surface area contributed by atoms with Crippen molar-refractivity contribution in [1.29, 1.82) is 0 Å². The minimum absolute atomic E-state index is 0.200. The summed E-state index contributed by atoms with van der Waals surface area (Å²) in [5.74, 6) is -0.757. The molecule has 0 fully saturated rings. The van der Waals surface area contributed by atoms with Gasteiger partial charge in [-0.15, -0.1) is 0 Å². The fraction of sp³-hybridized carbons (Fsp3) is 0.167. The van der Waals surface area contributed by atoms with Crippen LogP contribution < -0.4 is 4.72 Å². The molecule has 3 nitrogen and oxygen atoms in total. The van der Waals surface area contributed by atoms with Crippen LogP contribution in [0.3, 0.4) is 0 Å². The van der Waals surface area contributed by atoms with Crippen LogP contribution in [-0.2, 0) is 10.0 Å². The molecule has 1 N–H and O–H groups in total. The Hall–Kier alpha value is -1.52. The molecule has 0 saturated heterocycles. The molecule has 1 aromatic heterocycles. The van der Waals surface area contributed by atoms with Crippen LogP contribution in [0.2, 0.25) is 0 Å². The molecule has 0 saturated carbocycles. The van der Waals surface area contributed by atoms with Crippen molar-refractivity contribution in [1.82, 2.24) is 4.72 Å². The Kier molecular flexibility index (Phi) is 4.54. The maximum atomic E-state index is 13.1. The molecule has 0 bridgehead atoms. The Morgan fingerprint density at radius 3 is 2.05 bits per heavy atom. The molecule has 22 heavy (non-hydrogen) atoms. The molecule has 10 heteroatoms. The van der Waals surface area contributed by atoms with E-state index >= 15 is 0 Å². The fourth-order valence-electron chi connectivity index (χ4n) is 1.63. The zero-order chi connectivity index (χ0) is 16.5. The number of hydrogen-bond donors (Lipinski definition) is 1. The third-order valence-corrected chi connectivity index (χ3v) is 5.41. The van der Waals surface area contributed by atoms with Gasteiger partial charge in [-0.2, -0.15) is 22.3 Å². The Bertz CT molecular complexity index is 753. The van der Waals surface area contributed by atoms with E-state index in [1.807, 2.05) is 0 Å². The number of rotatable bonds is 4. The molecule has 0 aliphatic rings. The molecule has 1 atom stereocenters. The van der Waals surface area contributed by atoms with Gasteiger partial charge < -0.3 is 0 Å². The van der Waals surface area contributed by atoms with Crippen LogP contribution in [-0.4, -0.2) is 14.6 Å². The molecule has 0 radical (unpaired) electrons. The van der Waals surface area contributed by atoms with Crippen molar-refractivity contribution in [3.8, 4) is 0 Å². The summed E-state index contributed by atoms with van der Waals surface area (Å²) in [6.07, 6.45) is -4.94. The van der Waals surface area contributed by atoms with Crippen molar-refractivity contribution in [3.63, 3.8) is 0 Å². The summed E-state index contributed by atoms with van der Waals surface area (Å²) in [7, 11) is -4.57. The average molecular weight is 357 g/mol. The lowest BCUT2D eigenvalue weighted by atomic mass is 10.1. The number of alkyl halides is 3. The summed E-state index contributed by atoms with van der Waals surface area (Å²) < 4.78 is 89.5. The van der Waals surface area contributed by atoms with E-state index in [9.17, 15) is 30.4 Å². The standard InChI is InChI=1S/C12H8F5NO2S2/c13-8-3-1-7(2-4-8)11(12(15,16)17)18-22(19,20)10-6-5-9(14)21-10/h1-6,11,18H. The minimum Gasteiger partial charge on any atom is -0.207 e. The Balaban J connectivity index is 2.37. The molecule has 0 spiro atoms. The number of thiophene rings is 1. The normalized spacial score (nSPS) is 14.0. The molecular formula is C12H8F5NO2S2. The first-order valence-electron chi connectivity index (χ1n) is 5.69. The summed E-state index contributed by atoms with van der Waals surface area (Å²) in [6.45, 7) is 0. The lowest BCUT2D eigenvalue weighted by Gasteiger charge is -2.21. The van der Waals surface area contributed by atoms with Gasteiger partial charge in [-0.1, -0.05) is 23.5 Å². The summed E-state index contributed by atoms with van der Waals surface area (Å²) in [4.78, 5) is 0. The molecule has 1 unspecified atom stereocenters. The van der Waals surface area contributed by atoms with E-state index in [1.54, 1.807) is 0 Å². The minimum atomic E-state index is -4.94. The number of halogens is 5. The van der Waals surface area contributed by atoms with E-state index in [4.69, 9.17) is 0 Å².